The average molecular weight is 490 g/mol. The van der Waals surface area contributed by atoms with Gasteiger partial charge in [0.05, 0.1) is 11.3 Å². The monoisotopic (exact) mass is 490 g/mol. The SMILES string of the molecule is CCCCCn1nc(-c2ccccc2)n(CC(=O)NNC(=O)Nc2ccccc2C(F)(F)F)c1=O. The Balaban J connectivity index is 1.70. The first-order chi connectivity index (χ1) is 16.7. The number of halogens is 3. The number of carbonyl (C=O) groups is 2. The lowest BCUT2D eigenvalue weighted by molar-refractivity contribution is -0.137. The first-order valence-electron chi connectivity index (χ1n) is 11.0. The van der Waals surface area contributed by atoms with Gasteiger partial charge in [0.2, 0.25) is 0 Å². The van der Waals surface area contributed by atoms with E-state index in [1.54, 1.807) is 30.3 Å². The molecule has 186 valence electrons. The third-order valence-corrected chi connectivity index (χ3v) is 5.03. The minimum atomic E-state index is -4.67. The van der Waals surface area contributed by atoms with Crippen molar-refractivity contribution >= 4 is 17.6 Å². The molecule has 35 heavy (non-hydrogen) atoms. The number of hydrogen-bond donors (Lipinski definition) is 3. The molecule has 9 nitrogen and oxygen atoms in total. The third-order valence-electron chi connectivity index (χ3n) is 5.03. The maximum atomic E-state index is 13.1. The lowest BCUT2D eigenvalue weighted by atomic mass is 10.1. The van der Waals surface area contributed by atoms with E-state index >= 15 is 0 Å². The molecule has 1 heterocycles. The number of para-hydroxylation sites is 1. The Kier molecular flexibility index (Phi) is 8.29. The van der Waals surface area contributed by atoms with Gasteiger partial charge in [-0.25, -0.2) is 19.7 Å². The number of hydrogen-bond acceptors (Lipinski definition) is 4. The number of aryl methyl sites for hydroxylation is 1. The summed E-state index contributed by atoms with van der Waals surface area (Å²) in [6, 6.07) is 12.2. The van der Waals surface area contributed by atoms with Crippen LogP contribution < -0.4 is 21.9 Å². The first kappa shape index (κ1) is 25.5. The highest BCUT2D eigenvalue weighted by atomic mass is 19.4. The van der Waals surface area contributed by atoms with Crippen LogP contribution in [-0.4, -0.2) is 26.3 Å². The second kappa shape index (κ2) is 11.4. The van der Waals surface area contributed by atoms with Crippen molar-refractivity contribution in [3.05, 3.63) is 70.6 Å². The summed E-state index contributed by atoms with van der Waals surface area (Å²) in [5.41, 5.74) is 2.73. The largest absolute Gasteiger partial charge is 0.418 e. The molecular formula is C23H25F3N6O3. The molecule has 1 aromatic heterocycles. The topological polar surface area (TPSA) is 110 Å². The van der Waals surface area contributed by atoms with Crippen molar-refractivity contribution in [2.24, 2.45) is 0 Å². The van der Waals surface area contributed by atoms with Crippen LogP contribution in [0.2, 0.25) is 0 Å². The first-order valence-corrected chi connectivity index (χ1v) is 11.0. The van der Waals surface area contributed by atoms with Gasteiger partial charge in [-0.1, -0.05) is 62.2 Å². The third kappa shape index (κ3) is 6.71. The van der Waals surface area contributed by atoms with Crippen LogP contribution in [0.4, 0.5) is 23.7 Å². The van der Waals surface area contributed by atoms with Gasteiger partial charge in [-0.15, -0.1) is 5.10 Å². The van der Waals surface area contributed by atoms with Crippen molar-refractivity contribution in [1.29, 1.82) is 0 Å². The normalized spacial score (nSPS) is 11.2. The van der Waals surface area contributed by atoms with Gasteiger partial charge >= 0.3 is 17.9 Å². The van der Waals surface area contributed by atoms with Crippen molar-refractivity contribution in [3.63, 3.8) is 0 Å². The molecule has 0 spiro atoms. The van der Waals surface area contributed by atoms with Crippen LogP contribution in [0.1, 0.15) is 31.7 Å². The van der Waals surface area contributed by atoms with Crippen LogP contribution in [0.25, 0.3) is 11.4 Å². The molecular weight excluding hydrogens is 465 g/mol. The Hall–Kier alpha value is -4.09. The molecule has 0 radical (unpaired) electrons. The van der Waals surface area contributed by atoms with Gasteiger partial charge in [0.1, 0.15) is 6.54 Å². The summed E-state index contributed by atoms with van der Waals surface area (Å²) in [4.78, 5) is 37.4. The minimum Gasteiger partial charge on any atom is -0.306 e. The number of unbranched alkanes of at least 4 members (excludes halogenated alkanes) is 2. The number of urea groups is 1. The van der Waals surface area contributed by atoms with Crippen LogP contribution in [0.5, 0.6) is 0 Å². The molecule has 3 aromatic rings. The molecule has 0 aliphatic carbocycles. The Labute approximate surface area is 198 Å². The Bertz CT molecular complexity index is 1220. The van der Waals surface area contributed by atoms with Crippen molar-refractivity contribution in [1.82, 2.24) is 25.2 Å². The van der Waals surface area contributed by atoms with Crippen molar-refractivity contribution < 1.29 is 22.8 Å². The summed E-state index contributed by atoms with van der Waals surface area (Å²) in [5, 5.41) is 6.42. The summed E-state index contributed by atoms with van der Waals surface area (Å²) in [5.74, 6) is -0.484. The number of nitrogens with one attached hydrogen (secondary N) is 3. The Morgan fingerprint density at radius 2 is 1.66 bits per heavy atom. The molecule has 0 atom stereocenters. The predicted octanol–water partition coefficient (Wildman–Crippen LogP) is 3.77. The van der Waals surface area contributed by atoms with Crippen LogP contribution in [0.15, 0.2) is 59.4 Å². The van der Waals surface area contributed by atoms with Crippen LogP contribution in [-0.2, 0) is 24.1 Å². The van der Waals surface area contributed by atoms with E-state index in [-0.39, 0.29) is 5.82 Å². The summed E-state index contributed by atoms with van der Waals surface area (Å²) in [6.45, 7) is 1.96. The number of hydrazine groups is 1. The fraction of sp³-hybridized carbons (Fsp3) is 0.304. The molecule has 3 rings (SSSR count). The quantitative estimate of drug-likeness (QED) is 0.330. The van der Waals surface area contributed by atoms with E-state index in [4.69, 9.17) is 0 Å². The molecule has 0 bridgehead atoms. The Morgan fingerprint density at radius 3 is 2.34 bits per heavy atom. The number of amides is 3. The van der Waals surface area contributed by atoms with E-state index in [0.717, 1.165) is 31.4 Å². The zero-order valence-electron chi connectivity index (χ0n) is 18.9. The van der Waals surface area contributed by atoms with Gasteiger partial charge < -0.3 is 5.32 Å². The standard InChI is InChI=1S/C23H25F3N6O3/c1-2-3-9-14-32-22(35)31(20(30-32)16-10-5-4-6-11-16)15-19(33)28-29-21(34)27-18-13-8-7-12-17(18)23(24,25)26/h4-8,10-13H,2-3,9,14-15H2,1H3,(H,28,33)(H2,27,29,34). The van der Waals surface area contributed by atoms with Gasteiger partial charge in [-0.05, 0) is 18.6 Å². The molecule has 0 saturated heterocycles. The molecule has 3 amide bonds. The van der Waals surface area contributed by atoms with E-state index in [2.05, 4.69) is 10.5 Å². The predicted molar refractivity (Wildman–Crippen MR) is 123 cm³/mol. The molecule has 3 N–H and O–H groups in total. The molecule has 2 aromatic carbocycles. The number of anilines is 1. The highest BCUT2D eigenvalue weighted by molar-refractivity contribution is 5.91. The number of aromatic nitrogens is 3. The van der Waals surface area contributed by atoms with Crippen LogP contribution in [0, 0.1) is 0 Å². The maximum Gasteiger partial charge on any atom is 0.418 e. The summed E-state index contributed by atoms with van der Waals surface area (Å²) >= 11 is 0. The van der Waals surface area contributed by atoms with Crippen molar-refractivity contribution in [2.75, 3.05) is 5.32 Å². The smallest absolute Gasteiger partial charge is 0.306 e. The van der Waals surface area contributed by atoms with E-state index in [1.165, 1.54) is 21.4 Å². The number of carbonyl (C=O) groups excluding carboxylic acids is 2. The zero-order valence-corrected chi connectivity index (χ0v) is 18.9. The van der Waals surface area contributed by atoms with Gasteiger partial charge in [0.25, 0.3) is 5.91 Å². The fourth-order valence-corrected chi connectivity index (χ4v) is 3.34. The molecule has 12 heteroatoms. The van der Waals surface area contributed by atoms with E-state index < -0.39 is 41.6 Å². The van der Waals surface area contributed by atoms with Crippen molar-refractivity contribution in [3.8, 4) is 11.4 Å². The molecule has 0 unspecified atom stereocenters. The lowest BCUT2D eigenvalue weighted by Gasteiger charge is -2.14. The molecule has 0 aliphatic heterocycles. The second-order valence-corrected chi connectivity index (χ2v) is 7.66. The van der Waals surface area contributed by atoms with E-state index in [1.807, 2.05) is 17.7 Å². The van der Waals surface area contributed by atoms with Gasteiger partial charge in [-0.2, -0.15) is 13.2 Å². The molecule has 0 saturated carbocycles. The number of benzene rings is 2. The average Bonchev–Trinajstić information content (AvgIpc) is 3.13. The maximum absolute atomic E-state index is 13.1. The van der Waals surface area contributed by atoms with E-state index in [0.29, 0.717) is 12.1 Å². The summed E-state index contributed by atoms with van der Waals surface area (Å²) in [7, 11) is 0. The summed E-state index contributed by atoms with van der Waals surface area (Å²) < 4.78 is 41.7. The fourth-order valence-electron chi connectivity index (χ4n) is 3.34. The molecule has 0 fully saturated rings. The minimum absolute atomic E-state index is 0.283. The highest BCUT2D eigenvalue weighted by Gasteiger charge is 2.33. The van der Waals surface area contributed by atoms with Gasteiger partial charge in [0.15, 0.2) is 5.82 Å². The second-order valence-electron chi connectivity index (χ2n) is 7.66. The van der Waals surface area contributed by atoms with Crippen LogP contribution in [0.3, 0.4) is 0 Å². The number of alkyl halides is 3. The number of nitrogens with zero attached hydrogens (tertiary/aromatic N) is 3. The van der Waals surface area contributed by atoms with Crippen LogP contribution >= 0.6 is 0 Å². The van der Waals surface area contributed by atoms with Gasteiger partial charge in [0, 0.05) is 12.1 Å². The van der Waals surface area contributed by atoms with Crippen molar-refractivity contribution in [2.45, 2.75) is 45.5 Å². The highest BCUT2D eigenvalue weighted by Crippen LogP contribution is 2.34. The molecule has 0 aliphatic rings. The zero-order chi connectivity index (χ0) is 25.4. The number of rotatable bonds is 8. The van der Waals surface area contributed by atoms with E-state index in [9.17, 15) is 27.6 Å². The lowest BCUT2D eigenvalue weighted by Crippen LogP contribution is -2.46. The summed E-state index contributed by atoms with van der Waals surface area (Å²) in [6.07, 6.45) is -2.05. The van der Waals surface area contributed by atoms with Gasteiger partial charge in [-0.3, -0.25) is 14.8 Å². The Morgan fingerprint density at radius 1 is 0.971 bits per heavy atom.